The van der Waals surface area contributed by atoms with Gasteiger partial charge < -0.3 is 15.2 Å². The molecule has 0 saturated heterocycles. The molecule has 136 valence electrons. The molecule has 0 atom stereocenters. The first kappa shape index (κ1) is 17.0. The zero-order valence-electron chi connectivity index (χ0n) is 14.6. The van der Waals surface area contributed by atoms with Crippen LogP contribution in [0.4, 0.5) is 10.8 Å². The Morgan fingerprint density at radius 2 is 2.04 bits per heavy atom. The molecule has 0 aliphatic heterocycles. The first-order chi connectivity index (χ1) is 13.0. The summed E-state index contributed by atoms with van der Waals surface area (Å²) in [7, 11) is 0. The number of rotatable bonds is 5. The van der Waals surface area contributed by atoms with E-state index in [9.17, 15) is 9.90 Å². The molecule has 4 rings (SSSR count). The number of H-pyrrole nitrogens is 1. The minimum Gasteiger partial charge on any atom is -0.545 e. The Morgan fingerprint density at radius 1 is 1.26 bits per heavy atom. The first-order valence-electron chi connectivity index (χ1n) is 8.12. The molecule has 9 heteroatoms. The number of aryl methyl sites for hydroxylation is 1. The van der Waals surface area contributed by atoms with Gasteiger partial charge in [-0.3, -0.25) is 4.57 Å². The third-order valence-electron chi connectivity index (χ3n) is 4.20. The number of benzene rings is 1. The van der Waals surface area contributed by atoms with Crippen molar-refractivity contribution < 1.29 is 9.90 Å². The maximum atomic E-state index is 10.8. The van der Waals surface area contributed by atoms with Crippen LogP contribution < -0.4 is 10.4 Å². The summed E-state index contributed by atoms with van der Waals surface area (Å²) in [5.41, 5.74) is 4.81. The van der Waals surface area contributed by atoms with Crippen molar-refractivity contribution >= 4 is 28.1 Å². The molecule has 0 aliphatic rings. The van der Waals surface area contributed by atoms with E-state index in [1.807, 2.05) is 23.8 Å². The minimum absolute atomic E-state index is 0.139. The van der Waals surface area contributed by atoms with Crippen LogP contribution in [0.3, 0.4) is 0 Å². The van der Waals surface area contributed by atoms with Crippen LogP contribution in [0.5, 0.6) is 0 Å². The van der Waals surface area contributed by atoms with E-state index in [2.05, 4.69) is 31.5 Å². The fourth-order valence-electron chi connectivity index (χ4n) is 2.92. The number of anilines is 2. The predicted octanol–water partition coefficient (Wildman–Crippen LogP) is 2.44. The van der Waals surface area contributed by atoms with E-state index in [0.29, 0.717) is 5.95 Å². The maximum Gasteiger partial charge on any atom is 0.229 e. The smallest absolute Gasteiger partial charge is 0.229 e. The van der Waals surface area contributed by atoms with Crippen molar-refractivity contribution in [3.05, 3.63) is 59.0 Å². The molecule has 0 unspecified atom stereocenters. The van der Waals surface area contributed by atoms with Gasteiger partial charge in [-0.15, -0.1) is 11.3 Å². The number of hydrogen-bond donors (Lipinski definition) is 2. The summed E-state index contributed by atoms with van der Waals surface area (Å²) in [5.74, 6) is -0.530. The number of carboxylic acid groups (broad SMARTS) is 1. The van der Waals surface area contributed by atoms with Gasteiger partial charge in [0.1, 0.15) is 6.33 Å². The highest BCUT2D eigenvalue weighted by Crippen LogP contribution is 2.32. The van der Waals surface area contributed by atoms with Gasteiger partial charge in [0.2, 0.25) is 5.95 Å². The molecule has 0 saturated carbocycles. The number of aromatic amines is 1. The number of aromatic carboxylic acids is 1. The lowest BCUT2D eigenvalue weighted by atomic mass is 10.2. The average molecular weight is 379 g/mol. The van der Waals surface area contributed by atoms with Crippen LogP contribution >= 0.6 is 11.3 Å². The molecule has 4 aromatic rings. The summed E-state index contributed by atoms with van der Waals surface area (Å²) in [6.45, 7) is 4.01. The van der Waals surface area contributed by atoms with E-state index in [4.69, 9.17) is 0 Å². The quantitative estimate of drug-likeness (QED) is 0.551. The average Bonchev–Trinajstić information content (AvgIpc) is 3.37. The molecule has 27 heavy (non-hydrogen) atoms. The zero-order valence-corrected chi connectivity index (χ0v) is 15.4. The molecular weight excluding hydrogens is 364 g/mol. The van der Waals surface area contributed by atoms with Crippen molar-refractivity contribution in [2.75, 3.05) is 5.32 Å². The molecule has 0 bridgehead atoms. The molecule has 1 aromatic carbocycles. The Kier molecular flexibility index (Phi) is 4.21. The molecule has 0 radical (unpaired) electrons. The van der Waals surface area contributed by atoms with Gasteiger partial charge in [-0.1, -0.05) is 12.1 Å². The SMILES string of the molecule is Cc1cc(-c2csc(Nc3ccc(C(=O)[O-])cc3)n2)c(C)n1-c1ncn[nH]1. The highest BCUT2D eigenvalue weighted by molar-refractivity contribution is 7.14. The lowest BCUT2D eigenvalue weighted by Gasteiger charge is -2.05. The van der Waals surface area contributed by atoms with E-state index in [1.165, 1.54) is 29.8 Å². The molecule has 0 spiro atoms. The lowest BCUT2D eigenvalue weighted by Crippen LogP contribution is -2.21. The number of carbonyl (C=O) groups is 1. The molecular formula is C18H15N6O2S-. The van der Waals surface area contributed by atoms with Crippen molar-refractivity contribution in [1.82, 2.24) is 24.7 Å². The molecule has 0 fully saturated rings. The third kappa shape index (κ3) is 3.20. The van der Waals surface area contributed by atoms with Gasteiger partial charge in [-0.05, 0) is 37.6 Å². The van der Waals surface area contributed by atoms with Crippen LogP contribution in [0, 0.1) is 13.8 Å². The van der Waals surface area contributed by atoms with Crippen LogP contribution in [-0.4, -0.2) is 30.7 Å². The first-order valence-corrected chi connectivity index (χ1v) is 9.00. The van der Waals surface area contributed by atoms with Gasteiger partial charge >= 0.3 is 0 Å². The topological polar surface area (TPSA) is 112 Å². The molecule has 8 nitrogen and oxygen atoms in total. The predicted molar refractivity (Wildman–Crippen MR) is 100 cm³/mol. The highest BCUT2D eigenvalue weighted by atomic mass is 32.1. The van der Waals surface area contributed by atoms with Crippen molar-refractivity contribution in [3.8, 4) is 17.2 Å². The van der Waals surface area contributed by atoms with E-state index in [-0.39, 0.29) is 5.56 Å². The van der Waals surface area contributed by atoms with Gasteiger partial charge in [-0.25, -0.2) is 10.1 Å². The Balaban J connectivity index is 1.60. The maximum absolute atomic E-state index is 10.8. The largest absolute Gasteiger partial charge is 0.545 e. The summed E-state index contributed by atoms with van der Waals surface area (Å²) < 4.78 is 1.99. The fraction of sp³-hybridized carbons (Fsp3) is 0.111. The van der Waals surface area contributed by atoms with Crippen LogP contribution in [0.2, 0.25) is 0 Å². The van der Waals surface area contributed by atoms with Crippen LogP contribution in [-0.2, 0) is 0 Å². The fourth-order valence-corrected chi connectivity index (χ4v) is 3.65. The summed E-state index contributed by atoms with van der Waals surface area (Å²) in [6, 6.07) is 8.42. The summed E-state index contributed by atoms with van der Waals surface area (Å²) in [4.78, 5) is 19.7. The summed E-state index contributed by atoms with van der Waals surface area (Å²) in [6.07, 6.45) is 1.48. The van der Waals surface area contributed by atoms with Gasteiger partial charge in [0.05, 0.1) is 11.7 Å². The standard InChI is InChI=1S/C18H16N6O2S/c1-10-7-14(11(2)24(10)17-19-9-20-23-17)15-8-27-18(22-15)21-13-5-3-12(4-6-13)16(25)26/h3-9H,1-2H3,(H,21,22)(H,25,26)(H,19,20,23)/p-1. The van der Waals surface area contributed by atoms with Gasteiger partial charge in [0.15, 0.2) is 5.13 Å². The van der Waals surface area contributed by atoms with Crippen LogP contribution in [0.15, 0.2) is 42.0 Å². The van der Waals surface area contributed by atoms with Crippen molar-refractivity contribution in [3.63, 3.8) is 0 Å². The Labute approximate surface area is 158 Å². The van der Waals surface area contributed by atoms with E-state index in [1.54, 1.807) is 12.1 Å². The van der Waals surface area contributed by atoms with E-state index >= 15 is 0 Å². The normalized spacial score (nSPS) is 10.9. The number of carbonyl (C=O) groups excluding carboxylic acids is 1. The second-order valence-electron chi connectivity index (χ2n) is 5.96. The van der Waals surface area contributed by atoms with Gasteiger partial charge in [-0.2, -0.15) is 10.1 Å². The Bertz CT molecular complexity index is 1100. The number of nitrogens with one attached hydrogen (secondary N) is 2. The van der Waals surface area contributed by atoms with Gasteiger partial charge in [0.25, 0.3) is 0 Å². The molecule has 0 aliphatic carbocycles. The number of hydrogen-bond acceptors (Lipinski definition) is 7. The van der Waals surface area contributed by atoms with Crippen LogP contribution in [0.25, 0.3) is 17.2 Å². The summed E-state index contributed by atoms with van der Waals surface area (Å²) >= 11 is 1.48. The number of carboxylic acids is 1. The van der Waals surface area contributed by atoms with Crippen molar-refractivity contribution in [1.29, 1.82) is 0 Å². The lowest BCUT2D eigenvalue weighted by molar-refractivity contribution is -0.255. The van der Waals surface area contributed by atoms with Crippen molar-refractivity contribution in [2.24, 2.45) is 0 Å². The monoisotopic (exact) mass is 379 g/mol. The molecule has 3 heterocycles. The van der Waals surface area contributed by atoms with E-state index in [0.717, 1.165) is 33.5 Å². The van der Waals surface area contributed by atoms with Crippen molar-refractivity contribution in [2.45, 2.75) is 13.8 Å². The second kappa shape index (κ2) is 6.69. The molecule has 2 N–H and O–H groups in total. The number of thiazole rings is 1. The zero-order chi connectivity index (χ0) is 19.0. The van der Waals surface area contributed by atoms with Crippen LogP contribution in [0.1, 0.15) is 21.7 Å². The summed E-state index contributed by atoms with van der Waals surface area (Å²) in [5, 5.41) is 23.5. The molecule has 0 amide bonds. The van der Waals surface area contributed by atoms with E-state index < -0.39 is 5.97 Å². The minimum atomic E-state index is -1.19. The molecule has 3 aromatic heterocycles. The Morgan fingerprint density at radius 3 is 2.70 bits per heavy atom. The third-order valence-corrected chi connectivity index (χ3v) is 4.95. The number of aromatic nitrogens is 5. The second-order valence-corrected chi connectivity index (χ2v) is 6.82. The number of nitrogens with zero attached hydrogens (tertiary/aromatic N) is 4. The highest BCUT2D eigenvalue weighted by Gasteiger charge is 2.16. The van der Waals surface area contributed by atoms with Gasteiger partial charge in [0, 0.05) is 28.0 Å². The Hall–Kier alpha value is -3.46.